The van der Waals surface area contributed by atoms with E-state index >= 15 is 0 Å². The van der Waals surface area contributed by atoms with Crippen molar-refractivity contribution in [1.29, 1.82) is 15.8 Å². The number of para-hydroxylation sites is 5. The van der Waals surface area contributed by atoms with E-state index in [4.69, 9.17) is 38.2 Å². The van der Waals surface area contributed by atoms with Crippen molar-refractivity contribution in [2.45, 2.75) is 29.6 Å². The third-order valence-corrected chi connectivity index (χ3v) is 29.5. The van der Waals surface area contributed by atoms with Gasteiger partial charge in [0.1, 0.15) is 23.3 Å². The first kappa shape index (κ1) is 86.5. The normalized spacial score (nSPS) is 14.2. The molecular weight excluding hydrogens is 1790 g/mol. The molecule has 0 N–H and O–H groups in total. The van der Waals surface area contributed by atoms with Crippen molar-refractivity contribution < 1.29 is 13.3 Å². The first-order valence-electron chi connectivity index (χ1n) is 48.9. The second-order valence-corrected chi connectivity index (χ2v) is 37.1. The Morgan fingerprint density at radius 3 is 1.14 bits per heavy atom. The van der Waals surface area contributed by atoms with E-state index in [2.05, 4.69) is 368 Å². The van der Waals surface area contributed by atoms with Crippen molar-refractivity contribution in [3.8, 4) is 131 Å². The van der Waals surface area contributed by atoms with Gasteiger partial charge in [-0.3, -0.25) is 9.13 Å². The predicted molar refractivity (Wildman–Crippen MR) is 579 cm³/mol. The van der Waals surface area contributed by atoms with Crippen LogP contribution >= 0.6 is 0 Å². The molecule has 6 heterocycles. The molecule has 0 radical (unpaired) electrons. The van der Waals surface area contributed by atoms with E-state index in [1.807, 2.05) is 127 Å². The maximum Gasteiger partial charge on any atom is 0.164 e. The lowest BCUT2D eigenvalue weighted by molar-refractivity contribution is 0.612. The van der Waals surface area contributed by atoms with Gasteiger partial charge in [-0.2, -0.15) is 15.8 Å². The summed E-state index contributed by atoms with van der Waals surface area (Å²) < 4.78 is 23.0. The quantitative estimate of drug-likeness (QED) is 0.0951. The number of benzene rings is 19. The number of fused-ring (bicyclic) bond motifs is 17. The smallest absolute Gasteiger partial charge is 0.164 e. The summed E-state index contributed by atoms with van der Waals surface area (Å²) in [5.41, 5.74) is 37.3. The van der Waals surface area contributed by atoms with Gasteiger partial charge in [0, 0.05) is 56.1 Å². The van der Waals surface area contributed by atoms with Crippen LogP contribution in [0.15, 0.2) is 493 Å². The van der Waals surface area contributed by atoms with Crippen LogP contribution in [0.5, 0.6) is 0 Å². The maximum atomic E-state index is 10.3. The molecule has 25 aromatic rings. The van der Waals surface area contributed by atoms with Crippen LogP contribution in [0.4, 0.5) is 0 Å². The molecule has 0 fully saturated rings. The third kappa shape index (κ3) is 13.7. The molecule has 3 aliphatic carbocycles. The molecule has 28 rings (SSSR count). The van der Waals surface area contributed by atoms with E-state index in [1.165, 1.54) is 61.2 Å². The lowest BCUT2D eigenvalue weighted by Crippen LogP contribution is -2.28. The minimum absolute atomic E-state index is 0.526. The molecular formula is C133H84N10O3. The summed E-state index contributed by atoms with van der Waals surface area (Å²) in [6, 6.07) is 167. The van der Waals surface area contributed by atoms with Crippen molar-refractivity contribution in [3.63, 3.8) is 0 Å². The van der Waals surface area contributed by atoms with Gasteiger partial charge in [0.25, 0.3) is 0 Å². The van der Waals surface area contributed by atoms with Crippen LogP contribution in [-0.2, 0) is 22.7 Å². The summed E-state index contributed by atoms with van der Waals surface area (Å²) in [6.07, 6.45) is 6.06. The number of nitriles is 3. The predicted octanol–water partition coefficient (Wildman–Crippen LogP) is 31.4. The van der Waals surface area contributed by atoms with Gasteiger partial charge in [-0.15, -0.1) is 0 Å². The van der Waals surface area contributed by atoms with Crippen LogP contribution in [0.3, 0.4) is 0 Å². The molecule has 0 saturated heterocycles. The average Bonchev–Trinajstić information content (AvgIpc) is 1.53. The van der Waals surface area contributed by atoms with Crippen LogP contribution in [0, 0.1) is 34.0 Å². The summed E-state index contributed by atoms with van der Waals surface area (Å²) in [5, 5.41) is 32.5. The molecule has 0 bridgehead atoms. The van der Waals surface area contributed by atoms with Crippen molar-refractivity contribution >= 4 is 55.0 Å². The number of furan rings is 3. The highest BCUT2D eigenvalue weighted by atomic mass is 16.3. The fraction of sp³-hybridized carbons (Fsp3) is 0.0376. The highest BCUT2D eigenvalue weighted by Gasteiger charge is 2.52. The van der Waals surface area contributed by atoms with Gasteiger partial charge in [0.05, 0.1) is 91.6 Å². The number of nitrogens with zero attached hydrogens (tertiary/aromatic N) is 10. The van der Waals surface area contributed by atoms with E-state index in [9.17, 15) is 15.8 Å². The summed E-state index contributed by atoms with van der Waals surface area (Å²) >= 11 is 0. The molecule has 13 nitrogen and oxygen atoms in total. The van der Waals surface area contributed by atoms with Crippen molar-refractivity contribution in [2.75, 3.05) is 0 Å². The maximum absolute atomic E-state index is 10.3. The molecule has 19 aromatic carbocycles. The number of aryl methyl sites for hydroxylation is 1. The molecule has 0 spiro atoms. The third-order valence-electron chi connectivity index (χ3n) is 29.5. The van der Waals surface area contributed by atoms with E-state index < -0.39 is 16.2 Å². The molecule has 0 amide bonds. The Bertz CT molecular complexity index is 9440. The Morgan fingerprint density at radius 2 is 0.630 bits per heavy atom. The van der Waals surface area contributed by atoms with Crippen LogP contribution < -0.4 is 0 Å². The van der Waals surface area contributed by atoms with Crippen molar-refractivity contribution in [2.24, 2.45) is 0 Å². The monoisotopic (exact) mass is 1870 g/mol. The van der Waals surface area contributed by atoms with Crippen molar-refractivity contribution in [1.82, 2.24) is 34.1 Å². The Balaban J connectivity index is 0.000000112. The molecule has 684 valence electrons. The van der Waals surface area contributed by atoms with E-state index in [1.54, 1.807) is 18.8 Å². The van der Waals surface area contributed by atoms with Crippen LogP contribution in [0.25, 0.3) is 168 Å². The number of imidazole rings is 2. The lowest BCUT2D eigenvalue weighted by atomic mass is 9.67. The van der Waals surface area contributed by atoms with Gasteiger partial charge < -0.3 is 13.3 Å². The minimum Gasteiger partial charge on any atom is -0.464 e. The summed E-state index contributed by atoms with van der Waals surface area (Å²) in [7, 11) is 0. The second-order valence-electron chi connectivity index (χ2n) is 37.1. The van der Waals surface area contributed by atoms with Gasteiger partial charge in [-0.05, 0) is 220 Å². The summed E-state index contributed by atoms with van der Waals surface area (Å²) in [6.45, 7) is 2.14. The Morgan fingerprint density at radius 1 is 0.260 bits per heavy atom. The topological polar surface area (TPSA) is 185 Å². The summed E-state index contributed by atoms with van der Waals surface area (Å²) in [4.78, 5) is 24.9. The first-order valence-corrected chi connectivity index (χ1v) is 48.9. The van der Waals surface area contributed by atoms with Crippen LogP contribution in [0.2, 0.25) is 0 Å². The van der Waals surface area contributed by atoms with Gasteiger partial charge in [0.2, 0.25) is 0 Å². The average molecular weight is 1870 g/mol. The molecule has 2 atom stereocenters. The summed E-state index contributed by atoms with van der Waals surface area (Å²) in [5.74, 6) is 3.77. The molecule has 6 aromatic heterocycles. The van der Waals surface area contributed by atoms with Crippen LogP contribution in [-0.4, -0.2) is 34.1 Å². The number of rotatable bonds is 15. The van der Waals surface area contributed by atoms with Crippen LogP contribution in [0.1, 0.15) is 96.2 Å². The zero-order valence-corrected chi connectivity index (χ0v) is 79.0. The molecule has 146 heavy (non-hydrogen) atoms. The van der Waals surface area contributed by atoms with Gasteiger partial charge in [-0.25, -0.2) is 24.9 Å². The molecule has 0 saturated carbocycles. The fourth-order valence-electron chi connectivity index (χ4n) is 23.3. The molecule has 3 aliphatic rings. The number of aromatic nitrogens is 7. The highest BCUT2D eigenvalue weighted by molar-refractivity contribution is 6.10. The van der Waals surface area contributed by atoms with Gasteiger partial charge in [0.15, 0.2) is 28.6 Å². The minimum atomic E-state index is -0.674. The number of hydrogen-bond acceptors (Lipinski definition) is 11. The van der Waals surface area contributed by atoms with Crippen molar-refractivity contribution in [3.05, 3.63) is 569 Å². The van der Waals surface area contributed by atoms with E-state index in [-0.39, 0.29) is 0 Å². The Kier molecular flexibility index (Phi) is 21.1. The van der Waals surface area contributed by atoms with Gasteiger partial charge >= 0.3 is 0 Å². The molecule has 13 heteroatoms. The number of hydrogen-bond donors (Lipinski definition) is 0. The zero-order valence-electron chi connectivity index (χ0n) is 79.0. The largest absolute Gasteiger partial charge is 0.464 e. The van der Waals surface area contributed by atoms with E-state index in [0.29, 0.717) is 39.7 Å². The molecule has 2 unspecified atom stereocenters. The van der Waals surface area contributed by atoms with E-state index in [0.717, 1.165) is 162 Å². The van der Waals surface area contributed by atoms with Gasteiger partial charge in [-0.1, -0.05) is 365 Å². The standard InChI is InChI=1S/C49H30N4O.C47H29N3O.C37H25N3O/c50-31-37-30-43-44(41-27-28-54-45(37)41)40-26-25-36(29-42(40)49(43,38-17-9-3-10-18-38)39-19-11-4-12-20-39)32-21-23-35(24-22-32)48-52-46(33-13-5-1-6-14-33)51-47(53-48)34-15-7-2-8-16-34;48-30-31-19-21-32(22-20-31)39-29-41-44(38-27-28-51-45(38)39)37-15-7-8-16-40(37)47(41,34-11-3-1-4-12-34)35-25-23-33(24-26-35)46-49-42-17-9-10-18-43(42)50(46)36-13-5-2-6-14-36;1-2-34-39-31-14-8-9-15-32(31)40(34)33-22-30-35(28-20-21-41-36(28)33)27-12-6-7-13-29(27)37(30,25-10-4-3-5-11-25)26-18-16-24(23-38)17-19-26/h1-30H;1-29H;3-22H,2H2,1H3. The Hall–Kier alpha value is -19.8. The highest BCUT2D eigenvalue weighted by Crippen LogP contribution is 2.63. The fourth-order valence-corrected chi connectivity index (χ4v) is 23.3. The zero-order chi connectivity index (χ0) is 97.6. The first-order chi connectivity index (χ1) is 72.2. The second kappa shape index (κ2) is 35.5. The SMILES string of the molecule is CCc1nc2ccccc2n1-c1cc2c(c3ccoc13)-c1ccccc1C2(c1ccccc1)c1ccc(C#N)cc1.N#Cc1cc2c(c3ccoc13)-c1ccc(-c3ccc(-c4nc(-c5ccccc5)nc(-c5ccccc5)n4)cc3)cc1C2(c1ccccc1)c1ccccc1.N#Cc1ccc(-c2cc3c(c4ccoc24)-c2ccccc2C3(c2ccccc2)c2ccc(-c3nc4ccccc4n3-c3ccccc3)cc2)cc1. The molecule has 0 aliphatic heterocycles. The lowest BCUT2D eigenvalue weighted by Gasteiger charge is -2.34. The Labute approximate surface area is 841 Å².